The molecule has 4 nitrogen and oxygen atoms in total. The molecule has 0 bridgehead atoms. The fourth-order valence-electron chi connectivity index (χ4n) is 0.484. The molecule has 2 N–H and O–H groups in total. The first-order valence-electron chi connectivity index (χ1n) is 2.82. The van der Waals surface area contributed by atoms with Crippen LogP contribution in [0, 0.1) is 0 Å². The van der Waals surface area contributed by atoms with Gasteiger partial charge in [0.15, 0.2) is 0 Å². The third kappa shape index (κ3) is 4.46. The molecule has 1 amide bonds. The van der Waals surface area contributed by atoms with Gasteiger partial charge in [-0.15, -0.1) is 0 Å². The molecule has 6 heteroatoms. The lowest BCUT2D eigenvalue weighted by Gasteiger charge is -2.07. The number of carboxylic acids is 1. The molecule has 0 rings (SSSR count). The summed E-state index contributed by atoms with van der Waals surface area (Å²) in [6.07, 6.45) is -0.132. The van der Waals surface area contributed by atoms with Crippen LogP contribution in [0.25, 0.3) is 0 Å². The predicted octanol–water partition coefficient (Wildman–Crippen LogP) is 0.659. The molecule has 0 saturated carbocycles. The highest BCUT2D eigenvalue weighted by molar-refractivity contribution is 14.2. The molecular formula is C5H8INO3S. The highest BCUT2D eigenvalue weighted by atomic mass is 127. The van der Waals surface area contributed by atoms with Gasteiger partial charge < -0.3 is 10.4 Å². The largest absolute Gasteiger partial charge is 0.481 e. The molecule has 0 saturated heterocycles. The van der Waals surface area contributed by atoms with E-state index in [9.17, 15) is 9.59 Å². The Bertz CT molecular complexity index is 164. The lowest BCUT2D eigenvalue weighted by atomic mass is 10.3. The van der Waals surface area contributed by atoms with Crippen LogP contribution in [0.15, 0.2) is 0 Å². The zero-order chi connectivity index (χ0) is 8.85. The van der Waals surface area contributed by atoms with Crippen LogP contribution in [0.2, 0.25) is 0 Å². The number of carbonyl (C=O) groups excluding carboxylic acids is 1. The van der Waals surface area contributed by atoms with Gasteiger partial charge in [0.25, 0.3) is 0 Å². The molecule has 64 valence electrons. The maximum Gasteiger partial charge on any atom is 0.305 e. The summed E-state index contributed by atoms with van der Waals surface area (Å²) in [4.78, 5) is 21.1. The first kappa shape index (κ1) is 11.0. The standard InChI is InChI=1S/C5H8INO3S/c1-7-5(10)3(11-6)2-4(8)9/h3H,2H2,1H3,(H,7,10)(H,8,9). The molecule has 0 aromatic heterocycles. The molecule has 11 heavy (non-hydrogen) atoms. The van der Waals surface area contributed by atoms with Crippen LogP contribution >= 0.6 is 30.1 Å². The Hall–Kier alpha value is 0.0200. The number of carboxylic acid groups (broad SMARTS) is 1. The number of hydrogen-bond acceptors (Lipinski definition) is 3. The van der Waals surface area contributed by atoms with E-state index >= 15 is 0 Å². The van der Waals surface area contributed by atoms with Gasteiger partial charge in [-0.25, -0.2) is 0 Å². The van der Waals surface area contributed by atoms with Gasteiger partial charge in [0.1, 0.15) is 5.25 Å². The van der Waals surface area contributed by atoms with Gasteiger partial charge in [0.05, 0.1) is 6.42 Å². The van der Waals surface area contributed by atoms with E-state index in [1.165, 1.54) is 16.0 Å². The molecule has 0 radical (unpaired) electrons. The second-order valence-corrected chi connectivity index (χ2v) is 4.06. The summed E-state index contributed by atoms with van der Waals surface area (Å²) in [6.45, 7) is 0. The van der Waals surface area contributed by atoms with Crippen molar-refractivity contribution in [3.8, 4) is 0 Å². The van der Waals surface area contributed by atoms with Gasteiger partial charge in [-0.1, -0.05) is 8.93 Å². The van der Waals surface area contributed by atoms with Crippen molar-refractivity contribution in [1.29, 1.82) is 0 Å². The number of nitrogens with one attached hydrogen (secondary N) is 1. The molecule has 0 heterocycles. The van der Waals surface area contributed by atoms with E-state index in [1.807, 2.05) is 21.2 Å². The summed E-state index contributed by atoms with van der Waals surface area (Å²) >= 11 is 1.91. The first-order valence-corrected chi connectivity index (χ1v) is 6.24. The van der Waals surface area contributed by atoms with Crippen LogP contribution in [-0.2, 0) is 9.59 Å². The van der Waals surface area contributed by atoms with Crippen molar-refractivity contribution < 1.29 is 14.7 Å². The van der Waals surface area contributed by atoms with Crippen molar-refractivity contribution in [3.05, 3.63) is 0 Å². The van der Waals surface area contributed by atoms with Gasteiger partial charge >= 0.3 is 5.97 Å². The molecule has 0 aliphatic rings. The van der Waals surface area contributed by atoms with Crippen LogP contribution < -0.4 is 5.32 Å². The second kappa shape index (κ2) is 5.64. The lowest BCUT2D eigenvalue weighted by molar-refractivity contribution is -0.138. The lowest BCUT2D eigenvalue weighted by Crippen LogP contribution is -2.30. The number of aliphatic carboxylic acids is 1. The second-order valence-electron chi connectivity index (χ2n) is 1.79. The van der Waals surface area contributed by atoms with Crippen molar-refractivity contribution in [1.82, 2.24) is 5.32 Å². The highest BCUT2D eigenvalue weighted by Crippen LogP contribution is 2.22. The Morgan fingerprint density at radius 1 is 1.73 bits per heavy atom. The average molecular weight is 289 g/mol. The predicted molar refractivity (Wildman–Crippen MR) is 51.7 cm³/mol. The molecule has 0 fully saturated rings. The third-order valence-corrected chi connectivity index (χ3v) is 3.44. The molecule has 0 aliphatic heterocycles. The van der Waals surface area contributed by atoms with Crippen LogP contribution in [0.1, 0.15) is 6.42 Å². The topological polar surface area (TPSA) is 66.4 Å². The quantitative estimate of drug-likeness (QED) is 0.746. The Balaban J connectivity index is 3.94. The third-order valence-electron chi connectivity index (χ3n) is 1.01. The maximum atomic E-state index is 10.9. The Labute approximate surface area is 80.7 Å². The SMILES string of the molecule is CNC(=O)C(CC(=O)O)SI. The maximum absolute atomic E-state index is 10.9. The van der Waals surface area contributed by atoms with Crippen molar-refractivity contribution in [2.45, 2.75) is 11.7 Å². The van der Waals surface area contributed by atoms with Crippen LogP contribution in [0.4, 0.5) is 0 Å². The van der Waals surface area contributed by atoms with E-state index in [2.05, 4.69) is 5.32 Å². The summed E-state index contributed by atoms with van der Waals surface area (Å²) in [5.41, 5.74) is 0. The van der Waals surface area contributed by atoms with E-state index in [-0.39, 0.29) is 12.3 Å². The van der Waals surface area contributed by atoms with E-state index in [0.29, 0.717) is 0 Å². The summed E-state index contributed by atoms with van der Waals surface area (Å²) in [6, 6.07) is 0. The van der Waals surface area contributed by atoms with Crippen LogP contribution in [0.5, 0.6) is 0 Å². The van der Waals surface area contributed by atoms with Gasteiger partial charge in [-0.2, -0.15) is 0 Å². The van der Waals surface area contributed by atoms with Gasteiger partial charge in [-0.3, -0.25) is 9.59 Å². The molecular weight excluding hydrogens is 281 g/mol. The highest BCUT2D eigenvalue weighted by Gasteiger charge is 2.19. The van der Waals surface area contributed by atoms with E-state index < -0.39 is 11.2 Å². The van der Waals surface area contributed by atoms with Crippen molar-refractivity contribution in [3.63, 3.8) is 0 Å². The Kier molecular flexibility index (Phi) is 5.65. The van der Waals surface area contributed by atoms with Gasteiger partial charge in [0.2, 0.25) is 5.91 Å². The smallest absolute Gasteiger partial charge is 0.305 e. The summed E-state index contributed by atoms with van der Waals surface area (Å²) in [5.74, 6) is -1.20. The van der Waals surface area contributed by atoms with Crippen molar-refractivity contribution in [2.24, 2.45) is 0 Å². The minimum Gasteiger partial charge on any atom is -0.481 e. The monoisotopic (exact) mass is 289 g/mol. The molecule has 0 aromatic rings. The average Bonchev–Trinajstić information content (AvgIpc) is 1.98. The van der Waals surface area contributed by atoms with Crippen LogP contribution in [0.3, 0.4) is 0 Å². The number of amides is 1. The first-order chi connectivity index (χ1) is 5.11. The molecule has 1 unspecified atom stereocenters. The van der Waals surface area contributed by atoms with Gasteiger partial charge in [-0.05, 0) is 21.2 Å². The van der Waals surface area contributed by atoms with Crippen LogP contribution in [-0.4, -0.2) is 29.3 Å². The summed E-state index contributed by atoms with van der Waals surface area (Å²) in [7, 11) is 2.70. The summed E-state index contributed by atoms with van der Waals surface area (Å²) in [5, 5.41) is 10.3. The molecule has 0 aliphatic carbocycles. The fraction of sp³-hybridized carbons (Fsp3) is 0.600. The minimum atomic E-state index is -0.956. The Morgan fingerprint density at radius 3 is 2.55 bits per heavy atom. The van der Waals surface area contributed by atoms with E-state index in [0.717, 1.165) is 0 Å². The summed E-state index contributed by atoms with van der Waals surface area (Å²) < 4.78 is 0. The van der Waals surface area contributed by atoms with Crippen molar-refractivity contribution in [2.75, 3.05) is 7.05 Å². The number of rotatable bonds is 4. The minimum absolute atomic E-state index is 0.132. The zero-order valence-corrected chi connectivity index (χ0v) is 8.81. The van der Waals surface area contributed by atoms with Gasteiger partial charge in [0, 0.05) is 7.05 Å². The van der Waals surface area contributed by atoms with E-state index in [4.69, 9.17) is 5.11 Å². The number of hydrogen-bond donors (Lipinski definition) is 2. The fourth-order valence-corrected chi connectivity index (χ4v) is 2.12. The molecule has 0 aromatic carbocycles. The molecule has 1 atom stereocenters. The molecule has 0 spiro atoms. The van der Waals surface area contributed by atoms with E-state index in [1.54, 1.807) is 0 Å². The zero-order valence-electron chi connectivity index (χ0n) is 5.83. The number of halogens is 1. The number of carbonyl (C=O) groups is 2. The van der Waals surface area contributed by atoms with Crippen molar-refractivity contribution >= 4 is 42.0 Å². The normalized spacial score (nSPS) is 12.2. The Morgan fingerprint density at radius 2 is 2.27 bits per heavy atom.